The summed E-state index contributed by atoms with van der Waals surface area (Å²) in [6, 6.07) is 6.28. The Kier molecular flexibility index (Phi) is 5.86. The molecule has 0 aromatic carbocycles. The molecule has 0 bridgehead atoms. The van der Waals surface area contributed by atoms with Gasteiger partial charge in [-0.2, -0.15) is 10.1 Å². The maximum atomic E-state index is 12.7. The van der Waals surface area contributed by atoms with Gasteiger partial charge in [0.15, 0.2) is 5.76 Å². The van der Waals surface area contributed by atoms with Crippen LogP contribution >= 0.6 is 0 Å². The summed E-state index contributed by atoms with van der Waals surface area (Å²) in [5.74, 6) is 3.38. The summed E-state index contributed by atoms with van der Waals surface area (Å²) in [7, 11) is 0.981. The van der Waals surface area contributed by atoms with E-state index in [1.807, 2.05) is 23.9 Å². The third-order valence-corrected chi connectivity index (χ3v) is 8.58. The van der Waals surface area contributed by atoms with Crippen LogP contribution in [0.2, 0.25) is 0 Å². The molecule has 0 saturated carbocycles. The number of aromatic nitrogens is 4. The second-order valence-electron chi connectivity index (χ2n) is 9.30. The Hall–Kier alpha value is -2.72. The molecule has 0 radical (unpaired) electrons. The first-order valence-corrected chi connectivity index (χ1v) is 13.4. The smallest absolute Gasteiger partial charge is 0.227 e. The molecule has 10 heteroatoms. The largest absolute Gasteiger partial charge is 0.463 e. The van der Waals surface area contributed by atoms with Crippen LogP contribution in [0, 0.1) is 0 Å². The highest BCUT2D eigenvalue weighted by molar-refractivity contribution is 7.85. The van der Waals surface area contributed by atoms with Gasteiger partial charge >= 0.3 is 0 Å². The summed E-state index contributed by atoms with van der Waals surface area (Å²) < 4.78 is 25.7. The minimum atomic E-state index is -1.03. The van der Waals surface area contributed by atoms with E-state index in [2.05, 4.69) is 21.4 Å². The maximum absolute atomic E-state index is 12.7. The standard InChI is InChI=1S/C24H30N6O3S/c1-29-20(15-19(28-29)21-3-2-11-33-21)16-4-9-30(10-5-16)24-26-18-8-14-34(31)22(18)23(27-24)25-17-6-12-32-13-7-17/h2-3,11,15-17H,4-10,12-14H2,1H3,(H,25,26,27). The Morgan fingerprint density at radius 2 is 1.97 bits per heavy atom. The van der Waals surface area contributed by atoms with Gasteiger partial charge in [-0.1, -0.05) is 0 Å². The first-order chi connectivity index (χ1) is 16.7. The van der Waals surface area contributed by atoms with Crippen LogP contribution in [0.15, 0.2) is 33.8 Å². The van der Waals surface area contributed by atoms with Crippen LogP contribution in [0.4, 0.5) is 11.8 Å². The number of anilines is 2. The molecule has 3 aliphatic heterocycles. The molecule has 1 atom stereocenters. The number of piperidine rings is 1. The van der Waals surface area contributed by atoms with Crippen molar-refractivity contribution in [1.82, 2.24) is 19.7 Å². The number of ether oxygens (including phenoxy) is 1. The molecule has 34 heavy (non-hydrogen) atoms. The molecule has 3 aromatic rings. The second-order valence-corrected chi connectivity index (χ2v) is 10.8. The third kappa shape index (κ3) is 4.13. The van der Waals surface area contributed by atoms with Crippen LogP contribution in [-0.4, -0.2) is 62.1 Å². The lowest BCUT2D eigenvalue weighted by Gasteiger charge is -2.32. The van der Waals surface area contributed by atoms with E-state index in [-0.39, 0.29) is 0 Å². The van der Waals surface area contributed by atoms with Crippen LogP contribution in [0.5, 0.6) is 0 Å². The highest BCUT2D eigenvalue weighted by Gasteiger charge is 2.31. The molecule has 3 aromatic heterocycles. The van der Waals surface area contributed by atoms with E-state index in [4.69, 9.17) is 19.1 Å². The number of rotatable bonds is 5. The van der Waals surface area contributed by atoms with Gasteiger partial charge in [0.05, 0.1) is 22.8 Å². The lowest BCUT2D eigenvalue weighted by Crippen LogP contribution is -2.35. The molecular weight excluding hydrogens is 452 g/mol. The Morgan fingerprint density at radius 3 is 2.74 bits per heavy atom. The first kappa shape index (κ1) is 21.8. The molecule has 2 fully saturated rings. The van der Waals surface area contributed by atoms with Crippen LogP contribution in [-0.2, 0) is 29.0 Å². The summed E-state index contributed by atoms with van der Waals surface area (Å²) in [5, 5.41) is 8.24. The molecule has 180 valence electrons. The van der Waals surface area contributed by atoms with Gasteiger partial charge in [-0.05, 0) is 43.9 Å². The highest BCUT2D eigenvalue weighted by atomic mass is 32.2. The van der Waals surface area contributed by atoms with Crippen LogP contribution in [0.25, 0.3) is 11.5 Å². The van der Waals surface area contributed by atoms with Crippen LogP contribution < -0.4 is 10.2 Å². The number of nitrogens with one attached hydrogen (secondary N) is 1. The molecule has 0 aliphatic carbocycles. The second kappa shape index (κ2) is 9.14. The van der Waals surface area contributed by atoms with Crippen molar-refractivity contribution in [2.24, 2.45) is 7.05 Å². The van der Waals surface area contributed by atoms with E-state index >= 15 is 0 Å². The minimum Gasteiger partial charge on any atom is -0.463 e. The number of fused-ring (bicyclic) bond motifs is 1. The van der Waals surface area contributed by atoms with Crippen molar-refractivity contribution in [3.63, 3.8) is 0 Å². The molecular formula is C24H30N6O3S. The van der Waals surface area contributed by atoms with E-state index in [9.17, 15) is 4.21 Å². The molecule has 1 unspecified atom stereocenters. The molecule has 6 rings (SSSR count). The van der Waals surface area contributed by atoms with Crippen molar-refractivity contribution in [1.29, 1.82) is 0 Å². The quantitative estimate of drug-likeness (QED) is 0.592. The van der Waals surface area contributed by atoms with Gasteiger partial charge in [-0.25, -0.2) is 4.98 Å². The number of hydrogen-bond donors (Lipinski definition) is 1. The van der Waals surface area contributed by atoms with Crippen molar-refractivity contribution < 1.29 is 13.4 Å². The first-order valence-electron chi connectivity index (χ1n) is 12.1. The van der Waals surface area contributed by atoms with Crippen molar-refractivity contribution in [3.8, 4) is 11.5 Å². The van der Waals surface area contributed by atoms with Crippen molar-refractivity contribution in [2.45, 2.75) is 49.0 Å². The average molecular weight is 483 g/mol. The summed E-state index contributed by atoms with van der Waals surface area (Å²) in [4.78, 5) is 12.9. The Bertz CT molecular complexity index is 1180. The monoisotopic (exact) mass is 482 g/mol. The zero-order valence-electron chi connectivity index (χ0n) is 19.4. The van der Waals surface area contributed by atoms with Crippen LogP contribution in [0.3, 0.4) is 0 Å². The van der Waals surface area contributed by atoms with Gasteiger partial charge in [0.25, 0.3) is 0 Å². The van der Waals surface area contributed by atoms with Crippen molar-refractivity contribution in [2.75, 3.05) is 42.3 Å². The minimum absolute atomic E-state index is 0.303. The van der Waals surface area contributed by atoms with Gasteiger partial charge in [0.2, 0.25) is 5.95 Å². The predicted molar refractivity (Wildman–Crippen MR) is 130 cm³/mol. The lowest BCUT2D eigenvalue weighted by molar-refractivity contribution is 0.0903. The zero-order valence-corrected chi connectivity index (χ0v) is 20.2. The van der Waals surface area contributed by atoms with Gasteiger partial charge in [-0.15, -0.1) is 0 Å². The van der Waals surface area contributed by atoms with Gasteiger partial charge in [0.1, 0.15) is 16.4 Å². The molecule has 3 aliphatic rings. The summed E-state index contributed by atoms with van der Waals surface area (Å²) in [5.41, 5.74) is 3.05. The van der Waals surface area contributed by atoms with E-state index in [1.165, 1.54) is 5.69 Å². The highest BCUT2D eigenvalue weighted by Crippen LogP contribution is 2.35. The summed E-state index contributed by atoms with van der Waals surface area (Å²) >= 11 is 0. The number of furan rings is 1. The van der Waals surface area contributed by atoms with E-state index in [0.29, 0.717) is 17.7 Å². The number of aryl methyl sites for hydroxylation is 2. The van der Waals surface area contributed by atoms with E-state index in [0.717, 1.165) is 92.2 Å². The topological polar surface area (TPSA) is 98.3 Å². The normalized spacial score (nSPS) is 21.7. The predicted octanol–water partition coefficient (Wildman–Crippen LogP) is 3.11. The Morgan fingerprint density at radius 1 is 1.15 bits per heavy atom. The summed E-state index contributed by atoms with van der Waals surface area (Å²) in [6.07, 6.45) is 6.33. The zero-order chi connectivity index (χ0) is 23.1. The lowest BCUT2D eigenvalue weighted by atomic mass is 9.93. The fraction of sp³-hybridized carbons (Fsp3) is 0.542. The number of hydrogen-bond acceptors (Lipinski definition) is 8. The molecule has 0 spiro atoms. The van der Waals surface area contributed by atoms with E-state index in [1.54, 1.807) is 6.26 Å². The average Bonchev–Trinajstić information content (AvgIpc) is 3.60. The Labute approximate surface area is 201 Å². The van der Waals surface area contributed by atoms with Gasteiger partial charge in [0, 0.05) is 63.2 Å². The van der Waals surface area contributed by atoms with Crippen molar-refractivity contribution >= 4 is 22.6 Å². The third-order valence-electron chi connectivity index (χ3n) is 7.12. The van der Waals surface area contributed by atoms with E-state index < -0.39 is 10.8 Å². The summed E-state index contributed by atoms with van der Waals surface area (Å²) in [6.45, 7) is 3.27. The fourth-order valence-electron chi connectivity index (χ4n) is 5.24. The molecule has 1 N–H and O–H groups in total. The van der Waals surface area contributed by atoms with Crippen molar-refractivity contribution in [3.05, 3.63) is 35.9 Å². The van der Waals surface area contributed by atoms with Gasteiger partial charge in [-0.3, -0.25) is 8.89 Å². The molecule has 6 heterocycles. The molecule has 9 nitrogen and oxygen atoms in total. The van der Waals surface area contributed by atoms with Crippen LogP contribution in [0.1, 0.15) is 43.0 Å². The van der Waals surface area contributed by atoms with Gasteiger partial charge < -0.3 is 19.4 Å². The number of nitrogens with zero attached hydrogens (tertiary/aromatic N) is 5. The SMILES string of the molecule is Cn1nc(-c2ccco2)cc1C1CCN(c2nc3c(c(NC4CCOCC4)n2)S(=O)CC3)CC1. The molecule has 0 amide bonds. The molecule has 2 saturated heterocycles. The Balaban J connectivity index is 1.19. The maximum Gasteiger partial charge on any atom is 0.227 e. The fourth-order valence-corrected chi connectivity index (χ4v) is 6.56.